The van der Waals surface area contributed by atoms with Gasteiger partial charge in [-0.15, -0.1) is 11.3 Å². The topological polar surface area (TPSA) is 44.5 Å². The third kappa shape index (κ3) is 3.30. The van der Waals surface area contributed by atoms with Gasteiger partial charge in [0.05, 0.1) is 6.04 Å². The van der Waals surface area contributed by atoms with E-state index in [-0.39, 0.29) is 6.04 Å². The van der Waals surface area contributed by atoms with Crippen molar-refractivity contribution in [2.75, 3.05) is 33.7 Å². The molecule has 2 atom stereocenters. The van der Waals surface area contributed by atoms with Crippen LogP contribution in [0.1, 0.15) is 22.2 Å². The van der Waals surface area contributed by atoms with Gasteiger partial charge in [-0.2, -0.15) is 0 Å². The summed E-state index contributed by atoms with van der Waals surface area (Å²) in [6, 6.07) is 5.20. The van der Waals surface area contributed by atoms with Crippen LogP contribution in [0.4, 0.5) is 0 Å². The number of likely N-dealkylation sites (N-methyl/N-ethyl adjacent to an activating group) is 2. The van der Waals surface area contributed by atoms with Crippen LogP contribution in [-0.2, 0) is 0 Å². The molecule has 0 bridgehead atoms. The number of hydrazine groups is 1. The summed E-state index contributed by atoms with van der Waals surface area (Å²) in [4.78, 5) is 7.54. The van der Waals surface area contributed by atoms with E-state index in [4.69, 9.17) is 5.84 Å². The highest BCUT2D eigenvalue weighted by Crippen LogP contribution is 2.27. The normalized spacial score (nSPS) is 24.3. The number of rotatable bonds is 4. The van der Waals surface area contributed by atoms with Crippen LogP contribution in [0, 0.1) is 6.92 Å². The Hall–Kier alpha value is -0.460. The van der Waals surface area contributed by atoms with Crippen molar-refractivity contribution in [2.24, 2.45) is 5.84 Å². The van der Waals surface area contributed by atoms with Crippen LogP contribution in [-0.4, -0.2) is 49.6 Å². The Morgan fingerprint density at radius 2 is 2.22 bits per heavy atom. The Morgan fingerprint density at radius 1 is 1.44 bits per heavy atom. The third-order valence-corrected chi connectivity index (χ3v) is 4.91. The highest BCUT2D eigenvalue weighted by molar-refractivity contribution is 7.12. The van der Waals surface area contributed by atoms with E-state index < -0.39 is 0 Å². The number of nitrogens with zero attached hydrogens (tertiary/aromatic N) is 2. The number of nitrogens with two attached hydrogens (primary N) is 1. The highest BCUT2D eigenvalue weighted by Gasteiger charge is 2.26. The maximum Gasteiger partial charge on any atom is 0.0568 e. The zero-order valence-corrected chi connectivity index (χ0v) is 12.3. The van der Waals surface area contributed by atoms with Gasteiger partial charge in [-0.05, 0) is 39.6 Å². The molecule has 1 aromatic heterocycles. The minimum absolute atomic E-state index is 0.266. The molecule has 1 fully saturated rings. The SMILES string of the molecule is Cc1ccc(C(CC2CN(C)CCN2C)NN)s1. The first kappa shape index (κ1) is 14.0. The van der Waals surface area contributed by atoms with Crippen molar-refractivity contribution in [3.8, 4) is 0 Å². The molecular formula is C13H24N4S. The molecule has 2 heterocycles. The fourth-order valence-corrected chi connectivity index (χ4v) is 3.49. The molecule has 3 N–H and O–H groups in total. The van der Waals surface area contributed by atoms with Crippen molar-refractivity contribution >= 4 is 11.3 Å². The molecule has 1 saturated heterocycles. The van der Waals surface area contributed by atoms with Crippen molar-refractivity contribution in [1.82, 2.24) is 15.2 Å². The molecular weight excluding hydrogens is 244 g/mol. The van der Waals surface area contributed by atoms with Crippen LogP contribution in [0.25, 0.3) is 0 Å². The van der Waals surface area contributed by atoms with Crippen LogP contribution >= 0.6 is 11.3 Å². The van der Waals surface area contributed by atoms with Crippen LogP contribution in [0.2, 0.25) is 0 Å². The van der Waals surface area contributed by atoms with E-state index in [9.17, 15) is 0 Å². The number of thiophene rings is 1. The molecule has 0 aliphatic carbocycles. The van der Waals surface area contributed by atoms with Crippen LogP contribution < -0.4 is 11.3 Å². The van der Waals surface area contributed by atoms with E-state index in [0.717, 1.165) is 26.1 Å². The largest absolute Gasteiger partial charge is 0.304 e. The minimum atomic E-state index is 0.266. The smallest absolute Gasteiger partial charge is 0.0568 e. The summed E-state index contributed by atoms with van der Waals surface area (Å²) in [6.07, 6.45) is 1.07. The number of hydrogen-bond donors (Lipinski definition) is 2. The van der Waals surface area contributed by atoms with Crippen LogP contribution in [0.3, 0.4) is 0 Å². The van der Waals surface area contributed by atoms with Gasteiger partial charge in [-0.1, -0.05) is 0 Å². The molecule has 1 aromatic rings. The quantitative estimate of drug-likeness (QED) is 0.636. The maximum atomic E-state index is 5.74. The molecule has 18 heavy (non-hydrogen) atoms. The molecule has 4 nitrogen and oxygen atoms in total. The number of piperazine rings is 1. The lowest BCUT2D eigenvalue weighted by Gasteiger charge is -2.39. The molecule has 0 spiro atoms. The Kier molecular flexibility index (Phi) is 4.75. The Labute approximate surface area is 114 Å². The second kappa shape index (κ2) is 6.12. The Morgan fingerprint density at radius 3 is 2.83 bits per heavy atom. The van der Waals surface area contributed by atoms with Crippen molar-refractivity contribution < 1.29 is 0 Å². The molecule has 102 valence electrons. The van der Waals surface area contributed by atoms with Crippen molar-refractivity contribution in [1.29, 1.82) is 0 Å². The standard InChI is InChI=1S/C13H24N4S/c1-10-4-5-13(18-10)12(15-14)8-11-9-16(2)6-7-17(11)3/h4-5,11-12,15H,6-9,14H2,1-3H3. The van der Waals surface area contributed by atoms with E-state index in [1.807, 2.05) is 11.3 Å². The molecule has 1 aliphatic rings. The van der Waals surface area contributed by atoms with Gasteiger partial charge in [0, 0.05) is 35.4 Å². The van der Waals surface area contributed by atoms with Crippen LogP contribution in [0.15, 0.2) is 12.1 Å². The lowest BCUT2D eigenvalue weighted by Crippen LogP contribution is -2.51. The first-order valence-electron chi connectivity index (χ1n) is 6.51. The number of nitrogens with one attached hydrogen (secondary N) is 1. The van der Waals surface area contributed by atoms with Gasteiger partial charge in [0.25, 0.3) is 0 Å². The summed E-state index contributed by atoms with van der Waals surface area (Å²) in [6.45, 7) is 5.56. The monoisotopic (exact) mass is 268 g/mol. The van der Waals surface area contributed by atoms with Gasteiger partial charge in [-0.25, -0.2) is 0 Å². The van der Waals surface area contributed by atoms with E-state index >= 15 is 0 Å². The van der Waals surface area contributed by atoms with E-state index in [1.165, 1.54) is 9.75 Å². The molecule has 0 amide bonds. The Balaban J connectivity index is 2.01. The fourth-order valence-electron chi connectivity index (χ4n) is 2.54. The maximum absolute atomic E-state index is 5.74. The minimum Gasteiger partial charge on any atom is -0.304 e. The molecule has 1 aliphatic heterocycles. The predicted molar refractivity (Wildman–Crippen MR) is 77.7 cm³/mol. The number of aryl methyl sites for hydroxylation is 1. The fraction of sp³-hybridized carbons (Fsp3) is 0.692. The summed E-state index contributed by atoms with van der Waals surface area (Å²) >= 11 is 1.84. The van der Waals surface area contributed by atoms with E-state index in [0.29, 0.717) is 6.04 Å². The zero-order valence-electron chi connectivity index (χ0n) is 11.5. The van der Waals surface area contributed by atoms with Crippen molar-refractivity contribution in [2.45, 2.75) is 25.4 Å². The van der Waals surface area contributed by atoms with E-state index in [2.05, 4.69) is 48.4 Å². The van der Waals surface area contributed by atoms with E-state index in [1.54, 1.807) is 0 Å². The molecule has 2 rings (SSSR count). The first-order chi connectivity index (χ1) is 8.60. The molecule has 0 saturated carbocycles. The van der Waals surface area contributed by atoms with Gasteiger partial charge in [0.2, 0.25) is 0 Å². The molecule has 5 heteroatoms. The average Bonchev–Trinajstić information content (AvgIpc) is 2.77. The Bertz CT molecular complexity index is 379. The van der Waals surface area contributed by atoms with Gasteiger partial charge in [-0.3, -0.25) is 11.3 Å². The zero-order chi connectivity index (χ0) is 13.1. The number of hydrogen-bond acceptors (Lipinski definition) is 5. The predicted octanol–water partition coefficient (Wildman–Crippen LogP) is 1.20. The summed E-state index contributed by atoms with van der Waals surface area (Å²) in [5.74, 6) is 5.74. The van der Waals surface area contributed by atoms with Crippen LogP contribution in [0.5, 0.6) is 0 Å². The summed E-state index contributed by atoms with van der Waals surface area (Å²) in [5.41, 5.74) is 2.98. The van der Waals surface area contributed by atoms with Gasteiger partial charge in [0.1, 0.15) is 0 Å². The highest BCUT2D eigenvalue weighted by atomic mass is 32.1. The third-order valence-electron chi connectivity index (χ3n) is 3.79. The lowest BCUT2D eigenvalue weighted by molar-refractivity contribution is 0.101. The summed E-state index contributed by atoms with van der Waals surface area (Å²) in [5, 5.41) is 0. The second-order valence-corrected chi connectivity index (χ2v) is 6.62. The molecule has 0 aromatic carbocycles. The molecule has 0 radical (unpaired) electrons. The van der Waals surface area contributed by atoms with Gasteiger partial charge < -0.3 is 9.80 Å². The summed E-state index contributed by atoms with van der Waals surface area (Å²) < 4.78 is 0. The van der Waals surface area contributed by atoms with Crippen molar-refractivity contribution in [3.63, 3.8) is 0 Å². The first-order valence-corrected chi connectivity index (χ1v) is 7.33. The summed E-state index contributed by atoms with van der Waals surface area (Å²) in [7, 11) is 4.41. The second-order valence-electron chi connectivity index (χ2n) is 5.30. The van der Waals surface area contributed by atoms with Crippen molar-refractivity contribution in [3.05, 3.63) is 21.9 Å². The lowest BCUT2D eigenvalue weighted by atomic mass is 10.0. The van der Waals surface area contributed by atoms with Gasteiger partial charge in [0.15, 0.2) is 0 Å². The molecule has 2 unspecified atom stereocenters. The van der Waals surface area contributed by atoms with Gasteiger partial charge >= 0.3 is 0 Å². The average molecular weight is 268 g/mol.